The first-order valence-corrected chi connectivity index (χ1v) is 11.4. The van der Waals surface area contributed by atoms with Gasteiger partial charge in [0.25, 0.3) is 5.91 Å². The quantitative estimate of drug-likeness (QED) is 0.356. The summed E-state index contributed by atoms with van der Waals surface area (Å²) < 4.78 is 17.1. The van der Waals surface area contributed by atoms with E-state index < -0.39 is 0 Å². The molecule has 0 bridgehead atoms. The average Bonchev–Trinajstić information content (AvgIpc) is 3.12. The molecule has 0 atom stereocenters. The molecule has 1 heterocycles. The number of nitrogens with zero attached hydrogens (tertiary/aromatic N) is 1. The number of benzene rings is 3. The molecule has 3 aromatic rings. The van der Waals surface area contributed by atoms with Gasteiger partial charge in [0.15, 0.2) is 5.11 Å². The Balaban J connectivity index is 1.58. The van der Waals surface area contributed by atoms with E-state index in [1.54, 1.807) is 13.2 Å². The predicted molar refractivity (Wildman–Crippen MR) is 137 cm³/mol. The van der Waals surface area contributed by atoms with Gasteiger partial charge in [-0.3, -0.25) is 4.79 Å². The molecule has 4 rings (SSSR count). The number of carbonyl (C=O) groups excluding carboxylic acids is 1. The lowest BCUT2D eigenvalue weighted by Gasteiger charge is -2.18. The molecule has 0 aromatic heterocycles. The molecular formula is C27H26N2O4S. The summed E-state index contributed by atoms with van der Waals surface area (Å²) in [7, 11) is 1.62. The number of amides is 1. The highest BCUT2D eigenvalue weighted by molar-refractivity contribution is 7.80. The van der Waals surface area contributed by atoms with Crippen LogP contribution in [0.15, 0.2) is 72.4 Å². The Morgan fingerprint density at radius 2 is 1.76 bits per heavy atom. The van der Waals surface area contributed by atoms with Gasteiger partial charge in [-0.05, 0) is 74.1 Å². The van der Waals surface area contributed by atoms with Crippen LogP contribution in [-0.2, 0) is 11.4 Å². The number of anilines is 1. The number of hydrogen-bond donors (Lipinski definition) is 1. The Morgan fingerprint density at radius 1 is 1.00 bits per heavy atom. The van der Waals surface area contributed by atoms with Crippen LogP contribution >= 0.6 is 12.2 Å². The number of aryl methyl sites for hydroxylation is 1. The molecule has 1 fully saturated rings. The van der Waals surface area contributed by atoms with Crippen molar-refractivity contribution in [1.82, 2.24) is 5.32 Å². The van der Waals surface area contributed by atoms with Crippen molar-refractivity contribution in [2.75, 3.05) is 18.6 Å². The Labute approximate surface area is 204 Å². The fourth-order valence-corrected chi connectivity index (χ4v) is 3.93. The van der Waals surface area contributed by atoms with Crippen molar-refractivity contribution in [2.45, 2.75) is 20.5 Å². The summed E-state index contributed by atoms with van der Waals surface area (Å²) in [5, 5.41) is 3.34. The first-order valence-electron chi connectivity index (χ1n) is 11.0. The summed E-state index contributed by atoms with van der Waals surface area (Å²) in [5.41, 5.74) is 3.85. The summed E-state index contributed by atoms with van der Waals surface area (Å²) in [6.07, 6.45) is 1.77. The molecule has 6 nitrogen and oxygen atoms in total. The molecule has 1 aliphatic rings. The third-order valence-electron chi connectivity index (χ3n) is 5.31. The standard InChI is InChI=1S/C27H26N2O4S/c1-4-32-25-8-6-5-7-23(25)29-26(30)22(28-27(29)34)16-19-11-14-24(31-3)20(15-19)17-33-21-12-9-18(2)10-13-21/h5-16H,4,17H2,1-3H3,(H,28,34)/b22-16+. The van der Waals surface area contributed by atoms with Crippen LogP contribution in [-0.4, -0.2) is 24.7 Å². The molecule has 7 heteroatoms. The number of thiocarbonyl (C=S) groups is 1. The molecule has 174 valence electrons. The predicted octanol–water partition coefficient (Wildman–Crippen LogP) is 5.24. The van der Waals surface area contributed by atoms with Gasteiger partial charge in [-0.25, -0.2) is 4.90 Å². The molecule has 0 aliphatic carbocycles. The van der Waals surface area contributed by atoms with Crippen LogP contribution in [0.2, 0.25) is 0 Å². The van der Waals surface area contributed by atoms with Crippen molar-refractivity contribution in [3.05, 3.63) is 89.1 Å². The molecule has 1 N–H and O–H groups in total. The summed E-state index contributed by atoms with van der Waals surface area (Å²) in [4.78, 5) is 14.7. The van der Waals surface area contributed by atoms with E-state index in [0.29, 0.717) is 41.2 Å². The highest BCUT2D eigenvalue weighted by atomic mass is 32.1. The molecule has 1 amide bonds. The summed E-state index contributed by atoms with van der Waals surface area (Å²) in [5.74, 6) is 1.84. The highest BCUT2D eigenvalue weighted by Gasteiger charge is 2.33. The van der Waals surface area contributed by atoms with Crippen molar-refractivity contribution in [1.29, 1.82) is 0 Å². The second kappa shape index (κ2) is 10.4. The van der Waals surface area contributed by atoms with Crippen LogP contribution in [0.3, 0.4) is 0 Å². The summed E-state index contributed by atoms with van der Waals surface area (Å²) in [6.45, 7) is 4.75. The van der Waals surface area contributed by atoms with Gasteiger partial charge >= 0.3 is 0 Å². The van der Waals surface area contributed by atoms with Crippen molar-refractivity contribution >= 4 is 35.0 Å². The van der Waals surface area contributed by atoms with Gasteiger partial charge in [0, 0.05) is 5.56 Å². The van der Waals surface area contributed by atoms with Crippen LogP contribution in [0.1, 0.15) is 23.6 Å². The normalized spacial score (nSPS) is 14.3. The summed E-state index contributed by atoms with van der Waals surface area (Å²) >= 11 is 5.46. The van der Waals surface area contributed by atoms with Crippen LogP contribution in [0.25, 0.3) is 6.08 Å². The van der Waals surface area contributed by atoms with Gasteiger partial charge in [-0.15, -0.1) is 0 Å². The minimum atomic E-state index is -0.245. The topological polar surface area (TPSA) is 60.0 Å². The molecule has 3 aromatic carbocycles. The van der Waals surface area contributed by atoms with E-state index in [2.05, 4.69) is 5.32 Å². The van der Waals surface area contributed by atoms with Gasteiger partial charge in [0.05, 0.1) is 19.4 Å². The third-order valence-corrected chi connectivity index (χ3v) is 5.60. The number of nitrogens with one attached hydrogen (secondary N) is 1. The lowest BCUT2D eigenvalue weighted by molar-refractivity contribution is -0.113. The maximum absolute atomic E-state index is 13.2. The minimum Gasteiger partial charge on any atom is -0.496 e. The van der Waals surface area contributed by atoms with Crippen molar-refractivity contribution in [3.8, 4) is 17.2 Å². The largest absolute Gasteiger partial charge is 0.496 e. The van der Waals surface area contributed by atoms with Gasteiger partial charge in [0.1, 0.15) is 29.6 Å². The Hall–Kier alpha value is -3.84. The second-order valence-corrected chi connectivity index (χ2v) is 8.09. The molecule has 0 spiro atoms. The SMILES string of the molecule is CCOc1ccccc1N1C(=O)/C(=C\c2ccc(OC)c(COc3ccc(C)cc3)c2)NC1=S. The zero-order chi connectivity index (χ0) is 24.1. The van der Waals surface area contributed by atoms with E-state index in [-0.39, 0.29) is 5.91 Å². The second-order valence-electron chi connectivity index (χ2n) is 7.70. The molecule has 1 saturated heterocycles. The molecule has 0 radical (unpaired) electrons. The molecule has 0 unspecified atom stereocenters. The van der Waals surface area contributed by atoms with Crippen molar-refractivity contribution < 1.29 is 19.0 Å². The van der Waals surface area contributed by atoms with Gasteiger partial charge < -0.3 is 19.5 Å². The number of hydrogen-bond acceptors (Lipinski definition) is 5. The van der Waals surface area contributed by atoms with Gasteiger partial charge in [-0.1, -0.05) is 35.9 Å². The fraction of sp³-hybridized carbons (Fsp3) is 0.185. The van der Waals surface area contributed by atoms with Gasteiger partial charge in [0.2, 0.25) is 0 Å². The van der Waals surface area contributed by atoms with E-state index in [4.69, 9.17) is 26.4 Å². The van der Waals surface area contributed by atoms with E-state index >= 15 is 0 Å². The minimum absolute atomic E-state index is 0.245. The number of ether oxygens (including phenoxy) is 3. The maximum Gasteiger partial charge on any atom is 0.281 e. The van der Waals surface area contributed by atoms with E-state index in [0.717, 1.165) is 16.9 Å². The lowest BCUT2D eigenvalue weighted by Crippen LogP contribution is -2.30. The molecular weight excluding hydrogens is 448 g/mol. The average molecular weight is 475 g/mol. The van der Waals surface area contributed by atoms with E-state index in [1.165, 1.54) is 10.5 Å². The highest BCUT2D eigenvalue weighted by Crippen LogP contribution is 2.32. The lowest BCUT2D eigenvalue weighted by atomic mass is 10.1. The fourth-order valence-electron chi connectivity index (χ4n) is 3.64. The molecule has 0 saturated carbocycles. The van der Waals surface area contributed by atoms with Crippen molar-refractivity contribution in [3.63, 3.8) is 0 Å². The molecule has 34 heavy (non-hydrogen) atoms. The van der Waals surface area contributed by atoms with Crippen LogP contribution in [0.4, 0.5) is 5.69 Å². The number of carbonyl (C=O) groups is 1. The van der Waals surface area contributed by atoms with Gasteiger partial charge in [-0.2, -0.15) is 0 Å². The number of para-hydroxylation sites is 2. The smallest absolute Gasteiger partial charge is 0.281 e. The van der Waals surface area contributed by atoms with Crippen LogP contribution in [0, 0.1) is 6.92 Å². The van der Waals surface area contributed by atoms with Crippen LogP contribution < -0.4 is 24.4 Å². The Bertz CT molecular complexity index is 1240. The Morgan fingerprint density at radius 3 is 2.50 bits per heavy atom. The zero-order valence-electron chi connectivity index (χ0n) is 19.3. The van der Waals surface area contributed by atoms with E-state index in [9.17, 15) is 4.79 Å². The first-order chi connectivity index (χ1) is 16.5. The van der Waals surface area contributed by atoms with Crippen molar-refractivity contribution in [2.24, 2.45) is 0 Å². The molecule has 1 aliphatic heterocycles. The maximum atomic E-state index is 13.2. The third kappa shape index (κ3) is 5.05. The first kappa shape index (κ1) is 23.3. The monoisotopic (exact) mass is 474 g/mol. The summed E-state index contributed by atoms with van der Waals surface area (Å²) in [6, 6.07) is 20.9. The zero-order valence-corrected chi connectivity index (χ0v) is 20.1. The number of rotatable bonds is 8. The Kier molecular flexibility index (Phi) is 7.13. The van der Waals surface area contributed by atoms with E-state index in [1.807, 2.05) is 80.6 Å². The van der Waals surface area contributed by atoms with Crippen LogP contribution in [0.5, 0.6) is 17.2 Å². The number of methoxy groups -OCH3 is 1.